The molecule has 1 aromatic carbocycles. The van der Waals surface area contributed by atoms with Gasteiger partial charge in [0.1, 0.15) is 0 Å². The van der Waals surface area contributed by atoms with Crippen LogP contribution in [0.15, 0.2) is 30.6 Å². The highest BCUT2D eigenvalue weighted by Gasteiger charge is 2.11. The summed E-state index contributed by atoms with van der Waals surface area (Å²) in [5.41, 5.74) is 2.54. The molecule has 0 aliphatic heterocycles. The summed E-state index contributed by atoms with van der Waals surface area (Å²) in [7, 11) is 1.56. The number of carbonyl (C=O) groups excluding carboxylic acids is 1. The molecule has 3 aromatic rings. The van der Waals surface area contributed by atoms with Gasteiger partial charge in [0.25, 0.3) is 0 Å². The monoisotopic (exact) mass is 330 g/mol. The van der Waals surface area contributed by atoms with E-state index in [0.29, 0.717) is 23.1 Å². The predicted molar refractivity (Wildman–Crippen MR) is 88.4 cm³/mol. The van der Waals surface area contributed by atoms with Crippen LogP contribution in [0.5, 0.6) is 5.75 Å². The average molecular weight is 331 g/mol. The van der Waals surface area contributed by atoms with Crippen LogP contribution in [0.3, 0.4) is 0 Å². The Kier molecular flexibility index (Phi) is 4.16. The molecule has 0 saturated heterocycles. The number of H-pyrrole nitrogens is 1. The summed E-state index contributed by atoms with van der Waals surface area (Å²) in [6.45, 7) is 1.93. The molecule has 0 atom stereocenters. The van der Waals surface area contributed by atoms with Gasteiger partial charge in [-0.05, 0) is 18.2 Å². The molecule has 0 bridgehead atoms. The molecule has 6 nitrogen and oxygen atoms in total. The van der Waals surface area contributed by atoms with Gasteiger partial charge in [0.15, 0.2) is 11.6 Å². The largest absolute Gasteiger partial charge is 0.494 e. The standard InChI is InChI=1S/C16H15ClN4O2/c1-9(22)18-6-11-3-10-4-14(17)13(5-15(10)21-11)16-19-7-12(23-2)8-20-16/h3-5,7-8,21H,6H2,1-2H3,(H,18,22). The minimum atomic E-state index is -0.0750. The molecule has 3 rings (SSSR count). The number of fused-ring (bicyclic) bond motifs is 1. The van der Waals surface area contributed by atoms with Gasteiger partial charge >= 0.3 is 0 Å². The topological polar surface area (TPSA) is 79.9 Å². The van der Waals surface area contributed by atoms with Gasteiger partial charge in [-0.3, -0.25) is 4.79 Å². The SMILES string of the molecule is COc1cnc(-c2cc3[nH]c(CNC(C)=O)cc3cc2Cl)nc1. The van der Waals surface area contributed by atoms with Crippen molar-refractivity contribution >= 4 is 28.4 Å². The van der Waals surface area contributed by atoms with E-state index in [-0.39, 0.29) is 5.91 Å². The van der Waals surface area contributed by atoms with Crippen LogP contribution in [0.4, 0.5) is 0 Å². The maximum absolute atomic E-state index is 11.0. The summed E-state index contributed by atoms with van der Waals surface area (Å²) in [4.78, 5) is 22.8. The van der Waals surface area contributed by atoms with E-state index in [1.807, 2.05) is 18.2 Å². The van der Waals surface area contributed by atoms with E-state index in [4.69, 9.17) is 16.3 Å². The van der Waals surface area contributed by atoms with Crippen LogP contribution in [-0.4, -0.2) is 28.0 Å². The molecule has 2 N–H and O–H groups in total. The maximum atomic E-state index is 11.0. The van der Waals surface area contributed by atoms with E-state index in [2.05, 4.69) is 20.3 Å². The molecule has 23 heavy (non-hydrogen) atoms. The highest BCUT2D eigenvalue weighted by Crippen LogP contribution is 2.30. The molecule has 2 heterocycles. The molecule has 0 radical (unpaired) electrons. The van der Waals surface area contributed by atoms with Crippen LogP contribution < -0.4 is 10.1 Å². The fourth-order valence-corrected chi connectivity index (χ4v) is 2.52. The number of methoxy groups -OCH3 is 1. The average Bonchev–Trinajstić information content (AvgIpc) is 2.94. The quantitative estimate of drug-likeness (QED) is 0.770. The molecular weight excluding hydrogens is 316 g/mol. The van der Waals surface area contributed by atoms with Crippen LogP contribution in [-0.2, 0) is 11.3 Å². The molecule has 118 valence electrons. The van der Waals surface area contributed by atoms with Crippen molar-refractivity contribution in [3.05, 3.63) is 41.3 Å². The Hall–Kier alpha value is -2.60. The van der Waals surface area contributed by atoms with Gasteiger partial charge in [-0.25, -0.2) is 9.97 Å². The van der Waals surface area contributed by atoms with E-state index in [0.717, 1.165) is 22.2 Å². The first-order chi connectivity index (χ1) is 11.1. The number of hydrogen-bond donors (Lipinski definition) is 2. The molecule has 0 saturated carbocycles. The second-order valence-corrected chi connectivity index (χ2v) is 5.48. The van der Waals surface area contributed by atoms with Gasteiger partial charge in [0, 0.05) is 29.1 Å². The predicted octanol–water partition coefficient (Wildman–Crippen LogP) is 2.92. The number of nitrogens with zero attached hydrogens (tertiary/aromatic N) is 2. The smallest absolute Gasteiger partial charge is 0.217 e. The Morgan fingerprint density at radius 2 is 2.04 bits per heavy atom. The van der Waals surface area contributed by atoms with E-state index in [1.165, 1.54) is 6.92 Å². The molecule has 0 spiro atoms. The van der Waals surface area contributed by atoms with Crippen LogP contribution in [0, 0.1) is 0 Å². The highest BCUT2D eigenvalue weighted by molar-refractivity contribution is 6.34. The van der Waals surface area contributed by atoms with Crippen molar-refractivity contribution in [1.29, 1.82) is 0 Å². The third kappa shape index (κ3) is 3.27. The fourth-order valence-electron chi connectivity index (χ4n) is 2.26. The minimum Gasteiger partial charge on any atom is -0.494 e. The summed E-state index contributed by atoms with van der Waals surface area (Å²) >= 11 is 6.35. The van der Waals surface area contributed by atoms with Gasteiger partial charge < -0.3 is 15.0 Å². The fraction of sp³-hybridized carbons (Fsp3) is 0.188. The Morgan fingerprint density at radius 1 is 1.30 bits per heavy atom. The molecule has 0 aliphatic carbocycles. The van der Waals surface area contributed by atoms with Crippen molar-refractivity contribution in [3.63, 3.8) is 0 Å². The molecule has 0 fully saturated rings. The molecular formula is C16H15ClN4O2. The van der Waals surface area contributed by atoms with Crippen molar-refractivity contribution in [2.45, 2.75) is 13.5 Å². The second-order valence-electron chi connectivity index (χ2n) is 5.07. The van der Waals surface area contributed by atoms with E-state index in [9.17, 15) is 4.79 Å². The van der Waals surface area contributed by atoms with Crippen molar-refractivity contribution in [2.75, 3.05) is 7.11 Å². The first-order valence-electron chi connectivity index (χ1n) is 6.99. The molecule has 2 aromatic heterocycles. The van der Waals surface area contributed by atoms with Crippen molar-refractivity contribution < 1.29 is 9.53 Å². The lowest BCUT2D eigenvalue weighted by molar-refractivity contribution is -0.119. The number of hydrogen-bond acceptors (Lipinski definition) is 4. The molecule has 1 amide bonds. The lowest BCUT2D eigenvalue weighted by Gasteiger charge is -2.04. The summed E-state index contributed by atoms with van der Waals surface area (Å²) in [5, 5.41) is 4.28. The van der Waals surface area contributed by atoms with Gasteiger partial charge in [-0.1, -0.05) is 11.6 Å². The Bertz CT molecular complexity index is 858. The lowest BCUT2D eigenvalue weighted by atomic mass is 10.1. The van der Waals surface area contributed by atoms with Crippen LogP contribution in [0.25, 0.3) is 22.3 Å². The Labute approximate surface area is 137 Å². The van der Waals surface area contributed by atoms with Gasteiger partial charge in [-0.2, -0.15) is 0 Å². The van der Waals surface area contributed by atoms with E-state index >= 15 is 0 Å². The first-order valence-corrected chi connectivity index (χ1v) is 7.36. The zero-order valence-corrected chi connectivity index (χ0v) is 13.4. The third-order valence-electron chi connectivity index (χ3n) is 3.40. The lowest BCUT2D eigenvalue weighted by Crippen LogP contribution is -2.18. The minimum absolute atomic E-state index is 0.0750. The maximum Gasteiger partial charge on any atom is 0.217 e. The number of aromatic nitrogens is 3. The van der Waals surface area contributed by atoms with Gasteiger partial charge in [-0.15, -0.1) is 0 Å². The highest BCUT2D eigenvalue weighted by atomic mass is 35.5. The zero-order chi connectivity index (χ0) is 16.4. The molecule has 0 unspecified atom stereocenters. The number of halogens is 1. The number of benzene rings is 1. The van der Waals surface area contributed by atoms with E-state index < -0.39 is 0 Å². The second kappa shape index (κ2) is 6.26. The first kappa shape index (κ1) is 15.3. The van der Waals surface area contributed by atoms with Gasteiger partial charge in [0.2, 0.25) is 5.91 Å². The summed E-state index contributed by atoms with van der Waals surface area (Å²) < 4.78 is 5.06. The number of aromatic amines is 1. The number of carbonyl (C=O) groups is 1. The van der Waals surface area contributed by atoms with Crippen LogP contribution >= 0.6 is 11.6 Å². The third-order valence-corrected chi connectivity index (χ3v) is 3.71. The molecule has 7 heteroatoms. The number of nitrogens with one attached hydrogen (secondary N) is 2. The van der Waals surface area contributed by atoms with Crippen molar-refractivity contribution in [3.8, 4) is 17.1 Å². The zero-order valence-electron chi connectivity index (χ0n) is 12.7. The number of ether oxygens (including phenoxy) is 1. The number of rotatable bonds is 4. The number of amides is 1. The van der Waals surface area contributed by atoms with Crippen molar-refractivity contribution in [2.24, 2.45) is 0 Å². The summed E-state index contributed by atoms with van der Waals surface area (Å²) in [5.74, 6) is 1.04. The Balaban J connectivity index is 1.97. The van der Waals surface area contributed by atoms with Crippen LogP contribution in [0.2, 0.25) is 5.02 Å². The Morgan fingerprint density at radius 3 is 2.70 bits per heavy atom. The molecule has 0 aliphatic rings. The summed E-state index contributed by atoms with van der Waals surface area (Å²) in [6, 6.07) is 5.71. The van der Waals surface area contributed by atoms with E-state index in [1.54, 1.807) is 19.5 Å². The van der Waals surface area contributed by atoms with Crippen LogP contribution in [0.1, 0.15) is 12.6 Å². The van der Waals surface area contributed by atoms with Crippen molar-refractivity contribution in [1.82, 2.24) is 20.3 Å². The summed E-state index contributed by atoms with van der Waals surface area (Å²) in [6.07, 6.45) is 3.19. The van der Waals surface area contributed by atoms with Gasteiger partial charge in [0.05, 0.1) is 31.1 Å². The normalized spacial score (nSPS) is 10.7.